The average Bonchev–Trinajstić information content (AvgIpc) is 3.29. The summed E-state index contributed by atoms with van der Waals surface area (Å²) in [6.07, 6.45) is 4.01. The summed E-state index contributed by atoms with van der Waals surface area (Å²) < 4.78 is 6.95. The number of methoxy groups -OCH3 is 1. The highest BCUT2D eigenvalue weighted by molar-refractivity contribution is 7.17. The molecule has 0 amide bonds. The zero-order valence-electron chi connectivity index (χ0n) is 12.2. The van der Waals surface area contributed by atoms with E-state index in [0.717, 1.165) is 32.0 Å². The molecule has 0 fully saturated rings. The lowest BCUT2D eigenvalue weighted by Gasteiger charge is -1.98. The van der Waals surface area contributed by atoms with Crippen LogP contribution in [-0.2, 0) is 0 Å². The Balaban J connectivity index is 1.63. The molecule has 0 N–H and O–H groups in total. The molecule has 4 rings (SSSR count). The van der Waals surface area contributed by atoms with Crippen molar-refractivity contribution in [2.45, 2.75) is 0 Å². The molecule has 0 aliphatic carbocycles. The van der Waals surface area contributed by atoms with E-state index < -0.39 is 0 Å². The molecule has 0 atom stereocenters. The summed E-state index contributed by atoms with van der Waals surface area (Å²) >= 11 is 3.14. The average molecular weight is 340 g/mol. The van der Waals surface area contributed by atoms with E-state index in [1.807, 2.05) is 53.9 Å². The summed E-state index contributed by atoms with van der Waals surface area (Å²) in [6.45, 7) is 0. The van der Waals surface area contributed by atoms with Crippen LogP contribution in [-0.4, -0.2) is 26.9 Å². The smallest absolute Gasteiger partial charge is 0.235 e. The van der Waals surface area contributed by atoms with Crippen LogP contribution < -0.4 is 4.74 Å². The molecule has 1 aromatic carbocycles. The van der Waals surface area contributed by atoms with Gasteiger partial charge in [-0.25, -0.2) is 0 Å². The summed E-state index contributed by atoms with van der Waals surface area (Å²) in [4.78, 5) is 1.86. The van der Waals surface area contributed by atoms with Gasteiger partial charge in [-0.2, -0.15) is 9.61 Å². The molecule has 7 heteroatoms. The largest absolute Gasteiger partial charge is 0.497 e. The van der Waals surface area contributed by atoms with Crippen molar-refractivity contribution in [2.75, 3.05) is 7.11 Å². The summed E-state index contributed by atoms with van der Waals surface area (Å²) in [5.74, 6) is 1.64. The molecule has 0 radical (unpaired) electrons. The molecule has 3 aromatic heterocycles. The number of ether oxygens (including phenoxy) is 1. The van der Waals surface area contributed by atoms with Crippen molar-refractivity contribution >= 4 is 39.8 Å². The molecule has 4 aromatic rings. The van der Waals surface area contributed by atoms with Crippen molar-refractivity contribution in [2.24, 2.45) is 0 Å². The van der Waals surface area contributed by atoms with Crippen LogP contribution in [0.25, 0.3) is 27.8 Å². The third-order valence-electron chi connectivity index (χ3n) is 3.28. The van der Waals surface area contributed by atoms with Gasteiger partial charge in [0.2, 0.25) is 4.96 Å². The van der Waals surface area contributed by atoms with Gasteiger partial charge in [0.15, 0.2) is 5.82 Å². The second kappa shape index (κ2) is 5.94. The van der Waals surface area contributed by atoms with Gasteiger partial charge in [0, 0.05) is 0 Å². The van der Waals surface area contributed by atoms with E-state index in [1.54, 1.807) is 23.0 Å². The van der Waals surface area contributed by atoms with Gasteiger partial charge < -0.3 is 4.74 Å². The molecule has 0 saturated carbocycles. The van der Waals surface area contributed by atoms with Gasteiger partial charge in [-0.05, 0) is 35.2 Å². The zero-order chi connectivity index (χ0) is 15.6. The summed E-state index contributed by atoms with van der Waals surface area (Å²) in [5, 5.41) is 15.9. The van der Waals surface area contributed by atoms with Gasteiger partial charge in [-0.3, -0.25) is 0 Å². The van der Waals surface area contributed by atoms with Gasteiger partial charge in [0.1, 0.15) is 10.8 Å². The highest BCUT2D eigenvalue weighted by atomic mass is 32.1. The van der Waals surface area contributed by atoms with E-state index in [4.69, 9.17) is 4.74 Å². The highest BCUT2D eigenvalue weighted by Gasteiger charge is 2.12. The minimum atomic E-state index is 0.787. The number of hydrogen-bond acceptors (Lipinski definition) is 6. The predicted octanol–water partition coefficient (Wildman–Crippen LogP) is 4.09. The summed E-state index contributed by atoms with van der Waals surface area (Å²) in [6, 6.07) is 11.9. The number of rotatable bonds is 4. The van der Waals surface area contributed by atoms with Crippen LogP contribution in [0.15, 0.2) is 41.8 Å². The normalized spacial score (nSPS) is 11.5. The Morgan fingerprint density at radius 3 is 2.70 bits per heavy atom. The first-order chi connectivity index (χ1) is 11.3. The number of aromatic nitrogens is 4. The SMILES string of the molecule is COc1ccc(/C=C/c2nn3c(-c4cccs4)nnc3s2)cc1. The molecule has 0 aliphatic rings. The fourth-order valence-electron chi connectivity index (χ4n) is 2.14. The number of thiophene rings is 1. The first-order valence-electron chi connectivity index (χ1n) is 6.92. The summed E-state index contributed by atoms with van der Waals surface area (Å²) in [5.41, 5.74) is 1.09. The highest BCUT2D eigenvalue weighted by Crippen LogP contribution is 2.25. The van der Waals surface area contributed by atoms with Crippen LogP contribution in [0.5, 0.6) is 5.75 Å². The number of nitrogens with zero attached hydrogens (tertiary/aromatic N) is 4. The molecule has 0 saturated heterocycles. The Hall–Kier alpha value is -2.51. The predicted molar refractivity (Wildman–Crippen MR) is 93.9 cm³/mol. The van der Waals surface area contributed by atoms with Gasteiger partial charge in [0.05, 0.1) is 12.0 Å². The molecule has 0 spiro atoms. The maximum Gasteiger partial charge on any atom is 0.235 e. The Morgan fingerprint density at radius 2 is 1.96 bits per heavy atom. The van der Waals surface area contributed by atoms with Crippen molar-refractivity contribution in [3.8, 4) is 16.5 Å². The van der Waals surface area contributed by atoms with Crippen LogP contribution in [0, 0.1) is 0 Å². The topological polar surface area (TPSA) is 52.3 Å². The molecule has 0 bridgehead atoms. The molecule has 0 unspecified atom stereocenters. The van der Waals surface area contributed by atoms with Crippen molar-refractivity contribution < 1.29 is 4.74 Å². The van der Waals surface area contributed by atoms with Crippen molar-refractivity contribution in [3.63, 3.8) is 0 Å². The maximum atomic E-state index is 5.16. The lowest BCUT2D eigenvalue weighted by molar-refractivity contribution is 0.415. The van der Waals surface area contributed by atoms with Crippen molar-refractivity contribution in [3.05, 3.63) is 52.3 Å². The summed E-state index contributed by atoms with van der Waals surface area (Å²) in [7, 11) is 1.66. The zero-order valence-corrected chi connectivity index (χ0v) is 13.8. The van der Waals surface area contributed by atoms with Crippen LogP contribution in [0.1, 0.15) is 10.6 Å². The third-order valence-corrected chi connectivity index (χ3v) is 5.01. The maximum absolute atomic E-state index is 5.16. The van der Waals surface area contributed by atoms with E-state index >= 15 is 0 Å². The van der Waals surface area contributed by atoms with Crippen molar-refractivity contribution in [1.82, 2.24) is 19.8 Å². The number of fused-ring (bicyclic) bond motifs is 1. The Kier molecular flexibility index (Phi) is 3.64. The molecule has 3 heterocycles. The van der Waals surface area contributed by atoms with E-state index in [9.17, 15) is 0 Å². The fourth-order valence-corrected chi connectivity index (χ4v) is 3.58. The Bertz CT molecular complexity index is 952. The Labute approximate surface area is 140 Å². The quantitative estimate of drug-likeness (QED) is 0.561. The minimum Gasteiger partial charge on any atom is -0.497 e. The fraction of sp³-hybridized carbons (Fsp3) is 0.0625. The minimum absolute atomic E-state index is 0.787. The monoisotopic (exact) mass is 340 g/mol. The van der Waals surface area contributed by atoms with Gasteiger partial charge >= 0.3 is 0 Å². The molecule has 23 heavy (non-hydrogen) atoms. The Morgan fingerprint density at radius 1 is 1.09 bits per heavy atom. The third kappa shape index (κ3) is 2.76. The second-order valence-corrected chi connectivity index (χ2v) is 6.68. The van der Waals surface area contributed by atoms with Gasteiger partial charge in [0.25, 0.3) is 0 Å². The van der Waals surface area contributed by atoms with Crippen LogP contribution in [0.2, 0.25) is 0 Å². The van der Waals surface area contributed by atoms with Crippen LogP contribution in [0.3, 0.4) is 0 Å². The van der Waals surface area contributed by atoms with E-state index in [0.29, 0.717) is 0 Å². The van der Waals surface area contributed by atoms with E-state index in [-0.39, 0.29) is 0 Å². The lowest BCUT2D eigenvalue weighted by atomic mass is 10.2. The molecular formula is C16H12N4OS2. The van der Waals surface area contributed by atoms with Gasteiger partial charge in [-0.15, -0.1) is 21.5 Å². The number of benzene rings is 1. The van der Waals surface area contributed by atoms with Gasteiger partial charge in [-0.1, -0.05) is 35.6 Å². The van der Waals surface area contributed by atoms with Crippen LogP contribution in [0.4, 0.5) is 0 Å². The number of hydrogen-bond donors (Lipinski definition) is 0. The van der Waals surface area contributed by atoms with E-state index in [2.05, 4.69) is 15.3 Å². The first-order valence-corrected chi connectivity index (χ1v) is 8.61. The van der Waals surface area contributed by atoms with Crippen LogP contribution >= 0.6 is 22.7 Å². The second-order valence-electron chi connectivity index (χ2n) is 4.74. The molecule has 114 valence electrons. The molecule has 0 aliphatic heterocycles. The van der Waals surface area contributed by atoms with Crippen molar-refractivity contribution in [1.29, 1.82) is 0 Å². The molecular weight excluding hydrogens is 328 g/mol. The first kappa shape index (κ1) is 14.1. The molecule has 5 nitrogen and oxygen atoms in total. The standard InChI is InChI=1S/C16H12N4OS2/c1-21-12-7-4-11(5-8-12)6-9-14-19-20-15(13-3-2-10-22-13)17-18-16(20)23-14/h2-10H,1H3/b9-6+. The lowest BCUT2D eigenvalue weighted by Crippen LogP contribution is -1.88. The van der Waals surface area contributed by atoms with E-state index in [1.165, 1.54) is 11.3 Å².